The summed E-state index contributed by atoms with van der Waals surface area (Å²) in [4.78, 5) is 23.8. The number of carbonyl (C=O) groups excluding carboxylic acids is 2. The normalized spacial score (nSPS) is 12.1. The predicted octanol–water partition coefficient (Wildman–Crippen LogP) is 3.34. The Bertz CT molecular complexity index is 774. The largest absolute Gasteiger partial charge is 0.344 e. The lowest BCUT2D eigenvalue weighted by Gasteiger charge is -2.21. The summed E-state index contributed by atoms with van der Waals surface area (Å²) >= 11 is 12.1. The van der Waals surface area contributed by atoms with Crippen molar-refractivity contribution in [3.63, 3.8) is 0 Å². The van der Waals surface area contributed by atoms with Gasteiger partial charge in [0.15, 0.2) is 0 Å². The van der Waals surface area contributed by atoms with Gasteiger partial charge in [-0.3, -0.25) is 9.59 Å². The Kier molecular flexibility index (Phi) is 6.45. The van der Waals surface area contributed by atoms with Crippen LogP contribution in [0.4, 0.5) is 5.82 Å². The van der Waals surface area contributed by atoms with Gasteiger partial charge in [0.2, 0.25) is 11.8 Å². The van der Waals surface area contributed by atoms with Crippen LogP contribution in [0.1, 0.15) is 26.3 Å². The Labute approximate surface area is 156 Å². The third-order valence-electron chi connectivity index (χ3n) is 3.61. The van der Waals surface area contributed by atoms with Crippen molar-refractivity contribution in [3.05, 3.63) is 46.1 Å². The molecule has 2 amide bonds. The molecule has 1 heterocycles. The number of carbonyl (C=O) groups is 2. The fraction of sp³-hybridized carbons (Fsp3) is 0.353. The Morgan fingerprint density at radius 3 is 2.56 bits per heavy atom. The number of hydrogen-bond acceptors (Lipinski definition) is 3. The summed E-state index contributed by atoms with van der Waals surface area (Å²) in [6, 6.07) is 6.28. The second-order valence-corrected chi connectivity index (χ2v) is 6.86. The van der Waals surface area contributed by atoms with E-state index in [9.17, 15) is 9.59 Å². The molecule has 0 fully saturated rings. The van der Waals surface area contributed by atoms with Gasteiger partial charge < -0.3 is 10.6 Å². The van der Waals surface area contributed by atoms with Crippen LogP contribution in [0, 0.1) is 5.92 Å². The van der Waals surface area contributed by atoms with Crippen molar-refractivity contribution in [3.8, 4) is 0 Å². The first-order chi connectivity index (χ1) is 11.8. The minimum Gasteiger partial charge on any atom is -0.344 e. The van der Waals surface area contributed by atoms with E-state index >= 15 is 0 Å². The molecule has 2 rings (SSSR count). The highest BCUT2D eigenvalue weighted by atomic mass is 35.5. The Morgan fingerprint density at radius 2 is 1.96 bits per heavy atom. The van der Waals surface area contributed by atoms with Gasteiger partial charge in [0, 0.05) is 23.0 Å². The molecule has 0 saturated heterocycles. The first kappa shape index (κ1) is 19.3. The Balaban J connectivity index is 2.15. The van der Waals surface area contributed by atoms with Gasteiger partial charge in [-0.2, -0.15) is 5.10 Å². The number of halogens is 2. The Hall–Kier alpha value is -2.05. The minimum atomic E-state index is -0.625. The van der Waals surface area contributed by atoms with E-state index in [0.717, 1.165) is 5.56 Å². The van der Waals surface area contributed by atoms with Crippen LogP contribution in [0.25, 0.3) is 0 Å². The third kappa shape index (κ3) is 5.21. The monoisotopic (exact) mass is 382 g/mol. The highest BCUT2D eigenvalue weighted by Crippen LogP contribution is 2.22. The second kappa shape index (κ2) is 8.36. The summed E-state index contributed by atoms with van der Waals surface area (Å²) < 4.78 is 1.62. The SMILES string of the molecule is CC(=O)NC(C(=O)Nc1ccnn1Cc1ccc(Cl)cc1Cl)C(C)C. The molecule has 1 atom stereocenters. The number of anilines is 1. The number of benzene rings is 1. The van der Waals surface area contributed by atoms with Crippen LogP contribution >= 0.6 is 23.2 Å². The fourth-order valence-electron chi connectivity index (χ4n) is 2.33. The van der Waals surface area contributed by atoms with Crippen LogP contribution in [-0.2, 0) is 16.1 Å². The van der Waals surface area contributed by atoms with Gasteiger partial charge in [0.05, 0.1) is 12.7 Å². The van der Waals surface area contributed by atoms with Crippen LogP contribution in [0.3, 0.4) is 0 Å². The Morgan fingerprint density at radius 1 is 1.24 bits per heavy atom. The van der Waals surface area contributed by atoms with Crippen molar-refractivity contribution in [2.45, 2.75) is 33.4 Å². The zero-order valence-corrected chi connectivity index (χ0v) is 15.7. The number of amides is 2. The third-order valence-corrected chi connectivity index (χ3v) is 4.20. The number of rotatable bonds is 6. The standard InChI is InChI=1S/C17H20Cl2N4O2/c1-10(2)16(21-11(3)24)17(25)22-15-6-7-20-23(15)9-12-4-5-13(18)8-14(12)19/h4-8,10,16H,9H2,1-3H3,(H,21,24)(H,22,25). The first-order valence-corrected chi connectivity index (χ1v) is 8.57. The zero-order valence-electron chi connectivity index (χ0n) is 14.2. The van der Waals surface area contributed by atoms with Crippen molar-refractivity contribution in [2.24, 2.45) is 5.92 Å². The summed E-state index contributed by atoms with van der Waals surface area (Å²) in [5, 5.41) is 10.8. The summed E-state index contributed by atoms with van der Waals surface area (Å²) in [7, 11) is 0. The van der Waals surface area contributed by atoms with Crippen molar-refractivity contribution in [2.75, 3.05) is 5.32 Å². The number of nitrogens with zero attached hydrogens (tertiary/aromatic N) is 2. The minimum absolute atomic E-state index is 0.0500. The molecule has 0 aliphatic carbocycles. The van der Waals surface area contributed by atoms with Gasteiger partial charge in [0.25, 0.3) is 0 Å². The molecule has 0 radical (unpaired) electrons. The van der Waals surface area contributed by atoms with Gasteiger partial charge in [-0.05, 0) is 23.6 Å². The van der Waals surface area contributed by atoms with E-state index in [1.165, 1.54) is 6.92 Å². The molecule has 2 N–H and O–H groups in total. The maximum absolute atomic E-state index is 12.5. The van der Waals surface area contributed by atoms with Crippen LogP contribution < -0.4 is 10.6 Å². The van der Waals surface area contributed by atoms with Crippen LogP contribution in [-0.4, -0.2) is 27.6 Å². The molecule has 8 heteroatoms. The lowest BCUT2D eigenvalue weighted by Crippen LogP contribution is -2.46. The summed E-state index contributed by atoms with van der Waals surface area (Å²) in [6.45, 7) is 5.50. The smallest absolute Gasteiger partial charge is 0.248 e. The van der Waals surface area contributed by atoms with Crippen molar-refractivity contribution < 1.29 is 9.59 Å². The van der Waals surface area contributed by atoms with Gasteiger partial charge in [-0.1, -0.05) is 43.1 Å². The highest BCUT2D eigenvalue weighted by Gasteiger charge is 2.24. The molecule has 25 heavy (non-hydrogen) atoms. The molecular weight excluding hydrogens is 363 g/mol. The quantitative estimate of drug-likeness (QED) is 0.804. The van der Waals surface area contributed by atoms with E-state index in [2.05, 4.69) is 15.7 Å². The van der Waals surface area contributed by atoms with Gasteiger partial charge in [-0.15, -0.1) is 0 Å². The van der Waals surface area contributed by atoms with Crippen LogP contribution in [0.15, 0.2) is 30.5 Å². The highest BCUT2D eigenvalue weighted by molar-refractivity contribution is 6.35. The van der Waals surface area contributed by atoms with E-state index in [0.29, 0.717) is 22.4 Å². The topological polar surface area (TPSA) is 76.0 Å². The molecule has 1 aromatic carbocycles. The predicted molar refractivity (Wildman–Crippen MR) is 98.9 cm³/mol. The first-order valence-electron chi connectivity index (χ1n) is 7.81. The molecule has 0 spiro atoms. The maximum Gasteiger partial charge on any atom is 0.248 e. The van der Waals surface area contributed by atoms with E-state index in [1.54, 1.807) is 29.1 Å². The van der Waals surface area contributed by atoms with E-state index in [4.69, 9.17) is 23.2 Å². The van der Waals surface area contributed by atoms with Crippen LogP contribution in [0.2, 0.25) is 10.0 Å². The average Bonchev–Trinajstić information content (AvgIpc) is 2.94. The molecule has 6 nitrogen and oxygen atoms in total. The van der Waals surface area contributed by atoms with E-state index in [1.807, 2.05) is 19.9 Å². The molecule has 0 aliphatic heterocycles. The molecule has 134 valence electrons. The van der Waals surface area contributed by atoms with Gasteiger partial charge in [-0.25, -0.2) is 4.68 Å². The van der Waals surface area contributed by atoms with Gasteiger partial charge in [0.1, 0.15) is 11.9 Å². The maximum atomic E-state index is 12.5. The van der Waals surface area contributed by atoms with Crippen molar-refractivity contribution >= 4 is 40.8 Å². The van der Waals surface area contributed by atoms with Crippen molar-refractivity contribution in [1.29, 1.82) is 0 Å². The molecule has 0 aliphatic rings. The van der Waals surface area contributed by atoms with Gasteiger partial charge >= 0.3 is 0 Å². The molecule has 0 bridgehead atoms. The molecule has 1 unspecified atom stereocenters. The summed E-state index contributed by atoms with van der Waals surface area (Å²) in [6.07, 6.45) is 1.59. The summed E-state index contributed by atoms with van der Waals surface area (Å²) in [5.74, 6) is -0.0811. The van der Waals surface area contributed by atoms with E-state index < -0.39 is 6.04 Å². The van der Waals surface area contributed by atoms with Crippen molar-refractivity contribution in [1.82, 2.24) is 15.1 Å². The molecule has 2 aromatic rings. The lowest BCUT2D eigenvalue weighted by molar-refractivity contribution is -0.126. The number of hydrogen-bond donors (Lipinski definition) is 2. The van der Waals surface area contributed by atoms with Crippen LogP contribution in [0.5, 0.6) is 0 Å². The summed E-state index contributed by atoms with van der Waals surface area (Å²) in [5.41, 5.74) is 0.826. The zero-order chi connectivity index (χ0) is 18.6. The number of nitrogens with one attached hydrogen (secondary N) is 2. The average molecular weight is 383 g/mol. The molecular formula is C17H20Cl2N4O2. The fourth-order valence-corrected chi connectivity index (χ4v) is 2.80. The number of aromatic nitrogens is 2. The van der Waals surface area contributed by atoms with E-state index in [-0.39, 0.29) is 17.7 Å². The molecule has 0 saturated carbocycles. The lowest BCUT2D eigenvalue weighted by atomic mass is 10.0. The molecule has 1 aromatic heterocycles. The second-order valence-electron chi connectivity index (χ2n) is 6.02.